The van der Waals surface area contributed by atoms with Crippen LogP contribution in [0.4, 0.5) is 0 Å². The molecule has 0 spiro atoms. The quantitative estimate of drug-likeness (QED) is 0.535. The highest BCUT2D eigenvalue weighted by atomic mass is 16.5. The number of aryl methyl sites for hydroxylation is 1. The Hall–Kier alpha value is -2.61. The molecule has 8 heteroatoms. The SMILES string of the molecule is COc1ccc(CN=C(NCc2nnc(C)n2C)NC2CN(C(C)C)CC2C)cc1. The van der Waals surface area contributed by atoms with Crippen molar-refractivity contribution in [1.82, 2.24) is 30.3 Å². The summed E-state index contributed by atoms with van der Waals surface area (Å²) in [5.41, 5.74) is 1.13. The summed E-state index contributed by atoms with van der Waals surface area (Å²) in [5, 5.41) is 15.5. The summed E-state index contributed by atoms with van der Waals surface area (Å²) in [6, 6.07) is 8.93. The van der Waals surface area contributed by atoms with E-state index in [1.165, 1.54) is 0 Å². The summed E-state index contributed by atoms with van der Waals surface area (Å²) in [4.78, 5) is 7.36. The van der Waals surface area contributed by atoms with Gasteiger partial charge in [-0.15, -0.1) is 10.2 Å². The number of ether oxygens (including phenoxy) is 1. The first kappa shape index (κ1) is 22.1. The van der Waals surface area contributed by atoms with Crippen molar-refractivity contribution in [2.75, 3.05) is 20.2 Å². The normalized spacial score (nSPS) is 20.0. The maximum atomic E-state index is 5.24. The van der Waals surface area contributed by atoms with Gasteiger partial charge in [-0.25, -0.2) is 4.99 Å². The minimum atomic E-state index is 0.357. The molecular formula is C22H35N7O. The van der Waals surface area contributed by atoms with Crippen LogP contribution in [-0.2, 0) is 20.1 Å². The van der Waals surface area contributed by atoms with Gasteiger partial charge in [-0.2, -0.15) is 0 Å². The summed E-state index contributed by atoms with van der Waals surface area (Å²) in [6.45, 7) is 12.0. The first-order valence-electron chi connectivity index (χ1n) is 10.6. The topological polar surface area (TPSA) is 79.6 Å². The lowest BCUT2D eigenvalue weighted by Gasteiger charge is -2.22. The van der Waals surface area contributed by atoms with E-state index in [1.54, 1.807) is 7.11 Å². The molecular weight excluding hydrogens is 378 g/mol. The number of benzene rings is 1. The van der Waals surface area contributed by atoms with Gasteiger partial charge in [-0.3, -0.25) is 4.90 Å². The smallest absolute Gasteiger partial charge is 0.192 e. The number of nitrogens with one attached hydrogen (secondary N) is 2. The first-order chi connectivity index (χ1) is 14.4. The first-order valence-corrected chi connectivity index (χ1v) is 10.6. The van der Waals surface area contributed by atoms with Crippen LogP contribution in [0.1, 0.15) is 38.0 Å². The molecule has 2 unspecified atom stereocenters. The molecule has 30 heavy (non-hydrogen) atoms. The number of guanidine groups is 1. The van der Waals surface area contributed by atoms with Crippen LogP contribution >= 0.6 is 0 Å². The van der Waals surface area contributed by atoms with Crippen LogP contribution in [0.15, 0.2) is 29.3 Å². The molecule has 1 aromatic heterocycles. The molecule has 1 fully saturated rings. The summed E-state index contributed by atoms with van der Waals surface area (Å²) in [5.74, 6) is 3.99. The number of likely N-dealkylation sites (tertiary alicyclic amines) is 1. The fraction of sp³-hybridized carbons (Fsp3) is 0.591. The Balaban J connectivity index is 1.70. The van der Waals surface area contributed by atoms with Crippen molar-refractivity contribution in [2.24, 2.45) is 18.0 Å². The predicted molar refractivity (Wildman–Crippen MR) is 120 cm³/mol. The molecule has 3 rings (SSSR count). The lowest BCUT2D eigenvalue weighted by atomic mass is 10.1. The number of nitrogens with zero attached hydrogens (tertiary/aromatic N) is 5. The molecule has 2 atom stereocenters. The fourth-order valence-electron chi connectivity index (χ4n) is 3.61. The van der Waals surface area contributed by atoms with Crippen LogP contribution < -0.4 is 15.4 Å². The van der Waals surface area contributed by atoms with E-state index >= 15 is 0 Å². The van der Waals surface area contributed by atoms with Crippen LogP contribution in [0.25, 0.3) is 0 Å². The van der Waals surface area contributed by atoms with Gasteiger partial charge in [0.2, 0.25) is 0 Å². The number of aliphatic imine (C=N–C) groups is 1. The highest BCUT2D eigenvalue weighted by Gasteiger charge is 2.31. The highest BCUT2D eigenvalue weighted by Crippen LogP contribution is 2.19. The Kier molecular flexibility index (Phi) is 7.31. The van der Waals surface area contributed by atoms with Gasteiger partial charge in [0.15, 0.2) is 11.8 Å². The monoisotopic (exact) mass is 413 g/mol. The second kappa shape index (κ2) is 9.93. The summed E-state index contributed by atoms with van der Waals surface area (Å²) in [6.07, 6.45) is 0. The Bertz CT molecular complexity index is 844. The van der Waals surface area contributed by atoms with Gasteiger partial charge in [0.1, 0.15) is 11.6 Å². The number of rotatable bonds is 7. The van der Waals surface area contributed by atoms with Crippen LogP contribution in [0.2, 0.25) is 0 Å². The number of hydrogen-bond donors (Lipinski definition) is 2. The Morgan fingerprint density at radius 2 is 1.97 bits per heavy atom. The molecule has 164 valence electrons. The highest BCUT2D eigenvalue weighted by molar-refractivity contribution is 5.80. The Morgan fingerprint density at radius 1 is 1.23 bits per heavy atom. The van der Waals surface area contributed by atoms with Gasteiger partial charge in [0.25, 0.3) is 0 Å². The van der Waals surface area contributed by atoms with Crippen LogP contribution in [0, 0.1) is 12.8 Å². The van der Waals surface area contributed by atoms with Gasteiger partial charge in [-0.05, 0) is 44.4 Å². The molecule has 2 aromatic rings. The van der Waals surface area contributed by atoms with E-state index in [2.05, 4.69) is 46.5 Å². The van der Waals surface area contributed by atoms with Crippen molar-refractivity contribution in [3.05, 3.63) is 41.5 Å². The minimum absolute atomic E-state index is 0.357. The second-order valence-electron chi connectivity index (χ2n) is 8.36. The van der Waals surface area contributed by atoms with Crippen molar-refractivity contribution in [2.45, 2.75) is 52.9 Å². The van der Waals surface area contributed by atoms with E-state index < -0.39 is 0 Å². The summed E-state index contributed by atoms with van der Waals surface area (Å²) in [7, 11) is 3.66. The number of methoxy groups -OCH3 is 1. The van der Waals surface area contributed by atoms with Crippen LogP contribution in [0.5, 0.6) is 5.75 Å². The zero-order chi connectivity index (χ0) is 21.7. The minimum Gasteiger partial charge on any atom is -0.497 e. The average Bonchev–Trinajstić information content (AvgIpc) is 3.27. The molecule has 0 aliphatic carbocycles. The molecule has 2 heterocycles. The molecule has 1 aliphatic rings. The molecule has 2 N–H and O–H groups in total. The van der Waals surface area contributed by atoms with Crippen molar-refractivity contribution in [1.29, 1.82) is 0 Å². The standard InChI is InChI=1S/C22H35N7O/c1-15(2)29-13-16(3)20(14-29)25-22(24-12-21-27-26-17(4)28(21)5)23-11-18-7-9-19(30-6)10-8-18/h7-10,15-16,20H,11-14H2,1-6H3,(H2,23,24,25). The molecule has 0 amide bonds. The Labute approximate surface area is 179 Å². The zero-order valence-corrected chi connectivity index (χ0v) is 19.0. The molecule has 0 saturated carbocycles. The zero-order valence-electron chi connectivity index (χ0n) is 19.0. The number of hydrogen-bond acceptors (Lipinski definition) is 5. The van der Waals surface area contributed by atoms with Crippen molar-refractivity contribution in [3.8, 4) is 5.75 Å². The number of aromatic nitrogens is 3. The van der Waals surface area contributed by atoms with E-state index in [9.17, 15) is 0 Å². The van der Waals surface area contributed by atoms with E-state index in [4.69, 9.17) is 9.73 Å². The fourth-order valence-corrected chi connectivity index (χ4v) is 3.61. The van der Waals surface area contributed by atoms with Crippen molar-refractivity contribution in [3.63, 3.8) is 0 Å². The van der Waals surface area contributed by atoms with Gasteiger partial charge in [0.05, 0.1) is 20.2 Å². The molecule has 0 radical (unpaired) electrons. The second-order valence-corrected chi connectivity index (χ2v) is 8.36. The average molecular weight is 414 g/mol. The predicted octanol–water partition coefficient (Wildman–Crippen LogP) is 2.10. The van der Waals surface area contributed by atoms with E-state index in [-0.39, 0.29) is 0 Å². The summed E-state index contributed by atoms with van der Waals surface area (Å²) >= 11 is 0. The van der Waals surface area contributed by atoms with Crippen LogP contribution in [-0.4, -0.2) is 57.9 Å². The van der Waals surface area contributed by atoms with Gasteiger partial charge in [0, 0.05) is 32.2 Å². The molecule has 1 aromatic carbocycles. The largest absolute Gasteiger partial charge is 0.497 e. The van der Waals surface area contributed by atoms with Gasteiger partial charge >= 0.3 is 0 Å². The molecule has 1 saturated heterocycles. The molecule has 0 bridgehead atoms. The lowest BCUT2D eigenvalue weighted by Crippen LogP contribution is -2.46. The summed E-state index contributed by atoms with van der Waals surface area (Å²) < 4.78 is 7.24. The van der Waals surface area contributed by atoms with E-state index in [0.717, 1.165) is 42.0 Å². The third-order valence-corrected chi connectivity index (χ3v) is 5.87. The lowest BCUT2D eigenvalue weighted by molar-refractivity contribution is 0.265. The maximum absolute atomic E-state index is 5.24. The van der Waals surface area contributed by atoms with Gasteiger partial charge < -0.3 is 19.9 Å². The van der Waals surface area contributed by atoms with Crippen molar-refractivity contribution >= 4 is 5.96 Å². The van der Waals surface area contributed by atoms with Gasteiger partial charge in [-0.1, -0.05) is 19.1 Å². The molecule has 1 aliphatic heterocycles. The third-order valence-electron chi connectivity index (χ3n) is 5.87. The molecule has 8 nitrogen and oxygen atoms in total. The maximum Gasteiger partial charge on any atom is 0.192 e. The van der Waals surface area contributed by atoms with Crippen molar-refractivity contribution < 1.29 is 4.74 Å². The van der Waals surface area contributed by atoms with E-state index in [0.29, 0.717) is 31.1 Å². The third kappa shape index (κ3) is 5.50. The van der Waals surface area contributed by atoms with Crippen LogP contribution in [0.3, 0.4) is 0 Å². The van der Waals surface area contributed by atoms with E-state index in [1.807, 2.05) is 42.8 Å². The Morgan fingerprint density at radius 3 is 2.53 bits per heavy atom.